The molecule has 0 aliphatic heterocycles. The number of primary amides is 1. The maximum Gasteiger partial charge on any atom is 0.234 e. The second-order valence-electron chi connectivity index (χ2n) is 2.36. The monoisotopic (exact) mass is 174 g/mol. The van der Waals surface area contributed by atoms with Crippen LogP contribution in [-0.2, 0) is 9.63 Å². The number of oxime groups is 1. The first kappa shape index (κ1) is 10.7. The zero-order chi connectivity index (χ0) is 9.56. The predicted octanol–water partition coefficient (Wildman–Crippen LogP) is -1.50. The van der Waals surface area contributed by atoms with E-state index in [1.807, 2.05) is 0 Å². The van der Waals surface area contributed by atoms with Crippen molar-refractivity contribution in [1.29, 1.82) is 0 Å². The molecule has 0 rings (SSSR count). The summed E-state index contributed by atoms with van der Waals surface area (Å²) in [4.78, 5) is 15.1. The first-order chi connectivity index (χ1) is 5.54. The lowest BCUT2D eigenvalue weighted by molar-refractivity contribution is -0.119. The molecular formula is C6H14N4O2. The van der Waals surface area contributed by atoms with Crippen LogP contribution in [-0.4, -0.2) is 24.4 Å². The minimum absolute atomic E-state index is 0.235. The molecule has 0 aromatic rings. The first-order valence-electron chi connectivity index (χ1n) is 3.51. The van der Waals surface area contributed by atoms with Gasteiger partial charge in [0, 0.05) is 6.42 Å². The van der Waals surface area contributed by atoms with Crippen molar-refractivity contribution in [3.63, 3.8) is 0 Å². The third-order valence-electron chi connectivity index (χ3n) is 1.09. The Hall–Kier alpha value is -1.30. The average molecular weight is 174 g/mol. The first-order valence-corrected chi connectivity index (χ1v) is 3.51. The molecule has 0 aromatic carbocycles. The molecule has 0 aliphatic carbocycles. The Balaban J connectivity index is 3.44. The van der Waals surface area contributed by atoms with Crippen LogP contribution in [0.5, 0.6) is 0 Å². The van der Waals surface area contributed by atoms with Crippen molar-refractivity contribution >= 4 is 11.7 Å². The minimum Gasteiger partial charge on any atom is -0.394 e. The molecule has 0 saturated carbocycles. The molecule has 1 amide bonds. The van der Waals surface area contributed by atoms with Gasteiger partial charge in [0.1, 0.15) is 12.4 Å². The third kappa shape index (κ3) is 5.48. The SMILES string of the molecule is C/C(N)=N/OCC[C@H](N)C(N)=O. The summed E-state index contributed by atoms with van der Waals surface area (Å²) in [7, 11) is 0. The van der Waals surface area contributed by atoms with Crippen molar-refractivity contribution in [3.05, 3.63) is 0 Å². The fraction of sp³-hybridized carbons (Fsp3) is 0.667. The van der Waals surface area contributed by atoms with E-state index in [1.54, 1.807) is 6.92 Å². The van der Waals surface area contributed by atoms with Gasteiger partial charge in [0.25, 0.3) is 0 Å². The van der Waals surface area contributed by atoms with Crippen LogP contribution in [0.1, 0.15) is 13.3 Å². The van der Waals surface area contributed by atoms with E-state index in [1.165, 1.54) is 0 Å². The molecule has 6 N–H and O–H groups in total. The molecule has 0 unspecified atom stereocenters. The Labute approximate surface area is 70.7 Å². The summed E-state index contributed by atoms with van der Waals surface area (Å²) in [5.41, 5.74) is 15.4. The topological polar surface area (TPSA) is 117 Å². The van der Waals surface area contributed by atoms with Gasteiger partial charge in [-0.1, -0.05) is 5.16 Å². The van der Waals surface area contributed by atoms with Crippen molar-refractivity contribution < 1.29 is 9.63 Å². The zero-order valence-corrected chi connectivity index (χ0v) is 6.99. The highest BCUT2D eigenvalue weighted by atomic mass is 16.6. The van der Waals surface area contributed by atoms with E-state index in [9.17, 15) is 4.79 Å². The predicted molar refractivity (Wildman–Crippen MR) is 45.0 cm³/mol. The van der Waals surface area contributed by atoms with E-state index in [0.717, 1.165) is 0 Å². The van der Waals surface area contributed by atoms with Crippen LogP contribution in [0.2, 0.25) is 0 Å². The molecule has 12 heavy (non-hydrogen) atoms. The highest BCUT2D eigenvalue weighted by Crippen LogP contribution is 1.88. The molecule has 0 spiro atoms. The zero-order valence-electron chi connectivity index (χ0n) is 6.99. The molecule has 0 aromatic heterocycles. The lowest BCUT2D eigenvalue weighted by Crippen LogP contribution is -2.37. The lowest BCUT2D eigenvalue weighted by Gasteiger charge is -2.05. The van der Waals surface area contributed by atoms with Crippen molar-refractivity contribution in [2.45, 2.75) is 19.4 Å². The summed E-state index contributed by atoms with van der Waals surface area (Å²) in [6, 6.07) is -0.682. The molecule has 6 heteroatoms. The molecule has 0 aliphatic rings. The average Bonchev–Trinajstić information content (AvgIpc) is 1.97. The summed E-state index contributed by atoms with van der Waals surface area (Å²) < 4.78 is 0. The van der Waals surface area contributed by atoms with Crippen molar-refractivity contribution in [2.75, 3.05) is 6.61 Å². The Morgan fingerprint density at radius 3 is 2.58 bits per heavy atom. The summed E-state index contributed by atoms with van der Waals surface area (Å²) in [6.07, 6.45) is 0.339. The second kappa shape index (κ2) is 5.36. The number of nitrogens with zero attached hydrogens (tertiary/aromatic N) is 1. The van der Waals surface area contributed by atoms with Crippen molar-refractivity contribution in [1.82, 2.24) is 0 Å². The number of amidine groups is 1. The maximum absolute atomic E-state index is 10.4. The molecule has 0 radical (unpaired) electrons. The van der Waals surface area contributed by atoms with Gasteiger partial charge >= 0.3 is 0 Å². The number of amides is 1. The van der Waals surface area contributed by atoms with E-state index < -0.39 is 11.9 Å². The van der Waals surface area contributed by atoms with Gasteiger partial charge < -0.3 is 22.0 Å². The number of hydrogen-bond acceptors (Lipinski definition) is 4. The quantitative estimate of drug-likeness (QED) is 0.203. The van der Waals surface area contributed by atoms with Crippen LogP contribution in [0, 0.1) is 0 Å². The van der Waals surface area contributed by atoms with Crippen molar-refractivity contribution in [2.24, 2.45) is 22.4 Å². The molecule has 0 heterocycles. The Morgan fingerprint density at radius 2 is 2.17 bits per heavy atom. The van der Waals surface area contributed by atoms with Crippen LogP contribution in [0.3, 0.4) is 0 Å². The normalized spacial score (nSPS) is 14.0. The Bertz CT molecular complexity index is 176. The van der Waals surface area contributed by atoms with Gasteiger partial charge in [0.05, 0.1) is 6.04 Å². The fourth-order valence-electron chi connectivity index (χ4n) is 0.469. The largest absolute Gasteiger partial charge is 0.394 e. The lowest BCUT2D eigenvalue weighted by atomic mass is 10.2. The number of carbonyl (C=O) groups is 1. The fourth-order valence-corrected chi connectivity index (χ4v) is 0.469. The number of rotatable bonds is 5. The molecule has 0 saturated heterocycles. The highest BCUT2D eigenvalue weighted by molar-refractivity contribution is 5.79. The highest BCUT2D eigenvalue weighted by Gasteiger charge is 2.07. The van der Waals surface area contributed by atoms with E-state index in [-0.39, 0.29) is 6.61 Å². The van der Waals surface area contributed by atoms with E-state index >= 15 is 0 Å². The van der Waals surface area contributed by atoms with Crippen LogP contribution in [0.15, 0.2) is 5.16 Å². The Morgan fingerprint density at radius 1 is 1.58 bits per heavy atom. The molecule has 1 atom stereocenters. The van der Waals surface area contributed by atoms with Gasteiger partial charge in [-0.15, -0.1) is 0 Å². The van der Waals surface area contributed by atoms with Gasteiger partial charge in [-0.3, -0.25) is 4.79 Å². The Kier molecular flexibility index (Phi) is 4.78. The molecular weight excluding hydrogens is 160 g/mol. The minimum atomic E-state index is -0.682. The smallest absolute Gasteiger partial charge is 0.234 e. The maximum atomic E-state index is 10.4. The van der Waals surface area contributed by atoms with Gasteiger partial charge in [0.15, 0.2) is 0 Å². The number of hydrogen-bond donors (Lipinski definition) is 3. The van der Waals surface area contributed by atoms with Gasteiger partial charge in [-0.25, -0.2) is 0 Å². The van der Waals surface area contributed by atoms with Gasteiger partial charge in [0.2, 0.25) is 5.91 Å². The van der Waals surface area contributed by atoms with Crippen LogP contribution < -0.4 is 17.2 Å². The molecule has 6 nitrogen and oxygen atoms in total. The van der Waals surface area contributed by atoms with E-state index in [0.29, 0.717) is 12.3 Å². The summed E-state index contributed by atoms with van der Waals surface area (Å²) in [6.45, 7) is 1.83. The second-order valence-corrected chi connectivity index (χ2v) is 2.36. The third-order valence-corrected chi connectivity index (χ3v) is 1.09. The van der Waals surface area contributed by atoms with Crippen molar-refractivity contribution in [3.8, 4) is 0 Å². The summed E-state index contributed by atoms with van der Waals surface area (Å²) >= 11 is 0. The molecule has 0 fully saturated rings. The van der Waals surface area contributed by atoms with Crippen LogP contribution >= 0.6 is 0 Å². The molecule has 0 bridgehead atoms. The van der Waals surface area contributed by atoms with E-state index in [4.69, 9.17) is 22.0 Å². The van der Waals surface area contributed by atoms with Crippen LogP contribution in [0.4, 0.5) is 0 Å². The van der Waals surface area contributed by atoms with Crippen LogP contribution in [0.25, 0.3) is 0 Å². The summed E-state index contributed by atoms with van der Waals surface area (Å²) in [5.74, 6) is -0.227. The standard InChI is InChI=1S/C6H14N4O2/c1-4(7)10-12-3-2-5(8)6(9)11/h5H,2-3,8H2,1H3,(H2,7,10)(H2,9,11)/t5-/m0/s1. The van der Waals surface area contributed by atoms with E-state index in [2.05, 4.69) is 5.16 Å². The molecule has 70 valence electrons. The summed E-state index contributed by atoms with van der Waals surface area (Å²) in [5, 5.41) is 3.44. The van der Waals surface area contributed by atoms with Gasteiger partial charge in [-0.2, -0.15) is 0 Å². The number of nitrogens with two attached hydrogens (primary N) is 3. The van der Waals surface area contributed by atoms with Gasteiger partial charge in [-0.05, 0) is 6.92 Å². The number of carbonyl (C=O) groups excluding carboxylic acids is 1.